The van der Waals surface area contributed by atoms with E-state index in [0.29, 0.717) is 28.6 Å². The fraction of sp³-hybridized carbons (Fsp3) is 0.889. The standard InChI is InChI=1S/C18H34OSi/c1-8-11-17-12-9-10-13-18(17)19-20(14(2)3,15(4)5)16(6)7/h1,14-18H,9-13H2,2-7H3/t17-,18-/m0/s1. The summed E-state index contributed by atoms with van der Waals surface area (Å²) in [7, 11) is -1.75. The number of hydrogen-bond acceptors (Lipinski definition) is 1. The molecule has 20 heavy (non-hydrogen) atoms. The molecule has 0 bridgehead atoms. The molecule has 0 aromatic carbocycles. The Morgan fingerprint density at radius 1 is 1.00 bits per heavy atom. The van der Waals surface area contributed by atoms with Crippen molar-refractivity contribution in [2.45, 2.75) is 96.4 Å². The highest BCUT2D eigenvalue weighted by atomic mass is 28.4. The lowest BCUT2D eigenvalue weighted by atomic mass is 9.85. The summed E-state index contributed by atoms with van der Waals surface area (Å²) in [5.74, 6) is 3.47. The molecular formula is C18H34OSi. The predicted octanol–water partition coefficient (Wildman–Crippen LogP) is 5.76. The van der Waals surface area contributed by atoms with E-state index in [9.17, 15) is 0 Å². The molecular weight excluding hydrogens is 260 g/mol. The van der Waals surface area contributed by atoms with Crippen molar-refractivity contribution in [2.75, 3.05) is 0 Å². The minimum Gasteiger partial charge on any atom is -0.413 e. The molecule has 1 nitrogen and oxygen atoms in total. The Morgan fingerprint density at radius 3 is 1.95 bits per heavy atom. The van der Waals surface area contributed by atoms with Crippen LogP contribution in [0.1, 0.15) is 73.6 Å². The lowest BCUT2D eigenvalue weighted by Crippen LogP contribution is -2.51. The van der Waals surface area contributed by atoms with Crippen LogP contribution in [-0.2, 0) is 4.43 Å². The van der Waals surface area contributed by atoms with E-state index in [4.69, 9.17) is 10.8 Å². The zero-order valence-corrected chi connectivity index (χ0v) is 15.4. The summed E-state index contributed by atoms with van der Waals surface area (Å²) in [6, 6.07) is 0. The topological polar surface area (TPSA) is 9.23 Å². The first-order valence-corrected chi connectivity index (χ1v) is 10.6. The second-order valence-corrected chi connectivity index (χ2v) is 12.8. The molecule has 0 aromatic rings. The highest BCUT2D eigenvalue weighted by molar-refractivity contribution is 6.77. The van der Waals surface area contributed by atoms with Gasteiger partial charge in [0.1, 0.15) is 0 Å². The Morgan fingerprint density at radius 2 is 1.50 bits per heavy atom. The first kappa shape index (κ1) is 17.8. The van der Waals surface area contributed by atoms with Crippen molar-refractivity contribution in [1.29, 1.82) is 0 Å². The van der Waals surface area contributed by atoms with E-state index in [1.807, 2.05) is 0 Å². The van der Waals surface area contributed by atoms with Gasteiger partial charge in [-0.3, -0.25) is 0 Å². The first-order chi connectivity index (χ1) is 9.36. The van der Waals surface area contributed by atoms with E-state index in [1.165, 1.54) is 25.7 Å². The molecule has 116 valence electrons. The van der Waals surface area contributed by atoms with E-state index in [-0.39, 0.29) is 0 Å². The third-order valence-electron chi connectivity index (χ3n) is 5.28. The smallest absolute Gasteiger partial charge is 0.200 e. The molecule has 0 heterocycles. The zero-order chi connectivity index (χ0) is 15.3. The maximum Gasteiger partial charge on any atom is 0.200 e. The summed E-state index contributed by atoms with van der Waals surface area (Å²) < 4.78 is 6.97. The summed E-state index contributed by atoms with van der Waals surface area (Å²) in [5.41, 5.74) is 1.99. The van der Waals surface area contributed by atoms with E-state index < -0.39 is 8.32 Å². The molecule has 0 unspecified atom stereocenters. The van der Waals surface area contributed by atoms with Crippen LogP contribution in [-0.4, -0.2) is 14.4 Å². The van der Waals surface area contributed by atoms with Crippen molar-refractivity contribution >= 4 is 8.32 Å². The highest BCUT2D eigenvalue weighted by Crippen LogP contribution is 2.45. The quantitative estimate of drug-likeness (QED) is 0.447. The number of rotatable bonds is 6. The summed E-state index contributed by atoms with van der Waals surface area (Å²) in [6.45, 7) is 14.2. The summed E-state index contributed by atoms with van der Waals surface area (Å²) in [4.78, 5) is 0. The Kier molecular flexibility index (Phi) is 6.81. The van der Waals surface area contributed by atoms with Crippen LogP contribution >= 0.6 is 0 Å². The minimum absolute atomic E-state index is 0.415. The maximum absolute atomic E-state index is 6.97. The van der Waals surface area contributed by atoms with Gasteiger partial charge >= 0.3 is 0 Å². The van der Waals surface area contributed by atoms with E-state index in [1.54, 1.807) is 0 Å². The fourth-order valence-corrected chi connectivity index (χ4v) is 10.0. The van der Waals surface area contributed by atoms with Gasteiger partial charge in [-0.05, 0) is 35.4 Å². The molecule has 0 N–H and O–H groups in total. The van der Waals surface area contributed by atoms with Crippen molar-refractivity contribution in [3.05, 3.63) is 0 Å². The van der Waals surface area contributed by atoms with E-state index in [2.05, 4.69) is 47.5 Å². The van der Waals surface area contributed by atoms with Gasteiger partial charge in [-0.25, -0.2) is 0 Å². The normalized spacial score (nSPS) is 24.4. The first-order valence-electron chi connectivity index (χ1n) is 8.47. The summed E-state index contributed by atoms with van der Waals surface area (Å²) in [5, 5.41) is 0. The largest absolute Gasteiger partial charge is 0.413 e. The number of terminal acetylenes is 1. The Bertz CT molecular complexity index is 305. The Balaban J connectivity index is 2.95. The van der Waals surface area contributed by atoms with Crippen LogP contribution < -0.4 is 0 Å². The molecule has 0 aliphatic heterocycles. The Hall–Kier alpha value is -0.263. The van der Waals surface area contributed by atoms with Gasteiger partial charge in [-0.1, -0.05) is 54.4 Å². The predicted molar refractivity (Wildman–Crippen MR) is 91.3 cm³/mol. The van der Waals surface area contributed by atoms with Gasteiger partial charge < -0.3 is 4.43 Å². The van der Waals surface area contributed by atoms with Crippen LogP contribution in [0.25, 0.3) is 0 Å². The summed E-state index contributed by atoms with van der Waals surface area (Å²) in [6.07, 6.45) is 12.0. The minimum atomic E-state index is -1.75. The van der Waals surface area contributed by atoms with Gasteiger partial charge in [0.15, 0.2) is 0 Å². The Labute approximate surface area is 128 Å². The van der Waals surface area contributed by atoms with Gasteiger partial charge in [-0.15, -0.1) is 12.3 Å². The molecule has 1 aliphatic rings. The summed E-state index contributed by atoms with van der Waals surface area (Å²) >= 11 is 0. The maximum atomic E-state index is 6.97. The second kappa shape index (κ2) is 7.66. The third-order valence-corrected chi connectivity index (χ3v) is 11.4. The average Bonchev–Trinajstić information content (AvgIpc) is 2.36. The monoisotopic (exact) mass is 294 g/mol. The molecule has 1 fully saturated rings. The molecule has 0 amide bonds. The molecule has 1 rings (SSSR count). The van der Waals surface area contributed by atoms with Crippen molar-refractivity contribution in [2.24, 2.45) is 5.92 Å². The van der Waals surface area contributed by atoms with Gasteiger partial charge in [0, 0.05) is 12.5 Å². The van der Waals surface area contributed by atoms with Gasteiger partial charge in [0.2, 0.25) is 8.32 Å². The molecule has 0 aromatic heterocycles. The lowest BCUT2D eigenvalue weighted by molar-refractivity contribution is 0.0773. The second-order valence-electron chi connectivity index (χ2n) is 7.43. The van der Waals surface area contributed by atoms with Gasteiger partial charge in [-0.2, -0.15) is 0 Å². The zero-order valence-electron chi connectivity index (χ0n) is 14.4. The molecule has 0 radical (unpaired) electrons. The van der Waals surface area contributed by atoms with Crippen LogP contribution in [0.15, 0.2) is 0 Å². The molecule has 1 saturated carbocycles. The van der Waals surface area contributed by atoms with Crippen molar-refractivity contribution in [1.82, 2.24) is 0 Å². The highest BCUT2D eigenvalue weighted by Gasteiger charge is 2.47. The average molecular weight is 295 g/mol. The van der Waals surface area contributed by atoms with Crippen molar-refractivity contribution in [3.63, 3.8) is 0 Å². The van der Waals surface area contributed by atoms with Crippen molar-refractivity contribution < 1.29 is 4.43 Å². The fourth-order valence-electron chi connectivity index (χ4n) is 4.38. The molecule has 0 saturated heterocycles. The number of hydrogen-bond donors (Lipinski definition) is 0. The van der Waals surface area contributed by atoms with Crippen molar-refractivity contribution in [3.8, 4) is 12.3 Å². The van der Waals surface area contributed by atoms with Crippen LogP contribution in [0.2, 0.25) is 16.6 Å². The molecule has 2 atom stereocenters. The third kappa shape index (κ3) is 3.68. The van der Waals surface area contributed by atoms with E-state index in [0.717, 1.165) is 6.42 Å². The van der Waals surface area contributed by atoms with E-state index >= 15 is 0 Å². The molecule has 0 spiro atoms. The van der Waals surface area contributed by atoms with Crippen LogP contribution in [0.5, 0.6) is 0 Å². The SMILES string of the molecule is C#CC[C@H]1CCCC[C@@H]1O[Si](C(C)C)(C(C)C)C(C)C. The molecule has 2 heteroatoms. The van der Waals surface area contributed by atoms with Crippen LogP contribution in [0.3, 0.4) is 0 Å². The molecule has 1 aliphatic carbocycles. The van der Waals surface area contributed by atoms with Crippen LogP contribution in [0.4, 0.5) is 0 Å². The van der Waals surface area contributed by atoms with Crippen LogP contribution in [0, 0.1) is 18.3 Å². The lowest BCUT2D eigenvalue weighted by Gasteiger charge is -2.47. The van der Waals surface area contributed by atoms with Gasteiger partial charge in [0.05, 0.1) is 0 Å². The van der Waals surface area contributed by atoms with Gasteiger partial charge in [0.25, 0.3) is 0 Å².